The first kappa shape index (κ1) is 13.8. The zero-order chi connectivity index (χ0) is 14.8. The summed E-state index contributed by atoms with van der Waals surface area (Å²) in [5, 5.41) is 2.61. The van der Waals surface area contributed by atoms with Gasteiger partial charge in [0.05, 0.1) is 5.56 Å². The van der Waals surface area contributed by atoms with Gasteiger partial charge in [0.25, 0.3) is 0 Å². The maximum Gasteiger partial charge on any atom is 0.227 e. The Kier molecular flexibility index (Phi) is 3.76. The molecule has 0 fully saturated rings. The number of hydrogen-bond acceptors (Lipinski definition) is 3. The fourth-order valence-electron chi connectivity index (χ4n) is 2.31. The van der Waals surface area contributed by atoms with E-state index in [0.29, 0.717) is 11.0 Å². The van der Waals surface area contributed by atoms with Crippen molar-refractivity contribution in [3.8, 4) is 11.6 Å². The predicted molar refractivity (Wildman–Crippen MR) is 85.2 cm³/mol. The Bertz CT molecular complexity index is 781. The Balaban J connectivity index is 2.09. The summed E-state index contributed by atoms with van der Waals surface area (Å²) in [5.74, 6) is 1.47. The van der Waals surface area contributed by atoms with Crippen molar-refractivity contribution >= 4 is 22.4 Å². The van der Waals surface area contributed by atoms with Crippen LogP contribution >= 0.6 is 11.6 Å². The minimum absolute atomic E-state index is 0.184. The van der Waals surface area contributed by atoms with E-state index in [1.807, 2.05) is 44.2 Å². The van der Waals surface area contributed by atoms with Crippen molar-refractivity contribution < 1.29 is 4.74 Å². The summed E-state index contributed by atoms with van der Waals surface area (Å²) in [5.41, 5.74) is 0.826. The van der Waals surface area contributed by atoms with E-state index >= 15 is 0 Å². The molecule has 0 radical (unpaired) electrons. The first-order valence-corrected chi connectivity index (χ1v) is 7.20. The van der Waals surface area contributed by atoms with E-state index < -0.39 is 0 Å². The van der Waals surface area contributed by atoms with E-state index in [9.17, 15) is 0 Å². The van der Waals surface area contributed by atoms with Crippen molar-refractivity contribution in [3.05, 3.63) is 59.5 Å². The molecule has 0 aliphatic rings. The standard InChI is InChI=1S/C17H15ClN2O/c1-11(2)15-16(18)19-10-20-17(15)21-14-9-5-7-12-6-3-4-8-13(12)14/h3-11H,1-2H3. The Morgan fingerprint density at radius 1 is 1.00 bits per heavy atom. The van der Waals surface area contributed by atoms with Crippen LogP contribution in [0.25, 0.3) is 10.8 Å². The third-order valence-electron chi connectivity index (χ3n) is 3.33. The highest BCUT2D eigenvalue weighted by Gasteiger charge is 2.16. The van der Waals surface area contributed by atoms with Crippen LogP contribution in [0.1, 0.15) is 25.3 Å². The van der Waals surface area contributed by atoms with Gasteiger partial charge in [-0.15, -0.1) is 0 Å². The van der Waals surface area contributed by atoms with Crippen LogP contribution < -0.4 is 4.74 Å². The summed E-state index contributed by atoms with van der Waals surface area (Å²) in [6.07, 6.45) is 1.43. The second-order valence-electron chi connectivity index (χ2n) is 5.12. The lowest BCUT2D eigenvalue weighted by molar-refractivity contribution is 0.456. The lowest BCUT2D eigenvalue weighted by atomic mass is 10.1. The second-order valence-corrected chi connectivity index (χ2v) is 5.48. The van der Waals surface area contributed by atoms with Crippen LogP contribution in [0, 0.1) is 0 Å². The molecule has 3 nitrogen and oxygen atoms in total. The fraction of sp³-hybridized carbons (Fsp3) is 0.176. The molecule has 0 bridgehead atoms. The molecule has 0 saturated carbocycles. The van der Waals surface area contributed by atoms with Gasteiger partial charge in [-0.25, -0.2) is 9.97 Å². The number of nitrogens with zero attached hydrogens (tertiary/aromatic N) is 2. The zero-order valence-electron chi connectivity index (χ0n) is 11.9. The Labute approximate surface area is 128 Å². The van der Waals surface area contributed by atoms with E-state index in [-0.39, 0.29) is 5.92 Å². The van der Waals surface area contributed by atoms with E-state index in [1.54, 1.807) is 0 Å². The molecule has 0 saturated heterocycles. The third-order valence-corrected chi connectivity index (χ3v) is 3.63. The van der Waals surface area contributed by atoms with Gasteiger partial charge < -0.3 is 4.74 Å². The number of fused-ring (bicyclic) bond motifs is 1. The average molecular weight is 299 g/mol. The van der Waals surface area contributed by atoms with Gasteiger partial charge in [0, 0.05) is 5.39 Å². The summed E-state index contributed by atoms with van der Waals surface area (Å²) < 4.78 is 6.03. The van der Waals surface area contributed by atoms with Gasteiger partial charge in [0.1, 0.15) is 17.2 Å². The van der Waals surface area contributed by atoms with Gasteiger partial charge in [-0.1, -0.05) is 61.8 Å². The van der Waals surface area contributed by atoms with Gasteiger partial charge in [0.2, 0.25) is 5.88 Å². The molecule has 0 aliphatic heterocycles. The number of benzene rings is 2. The van der Waals surface area contributed by atoms with Gasteiger partial charge in [-0.2, -0.15) is 0 Å². The molecule has 2 aromatic carbocycles. The molecule has 3 aromatic rings. The van der Waals surface area contributed by atoms with Gasteiger partial charge in [0.15, 0.2) is 0 Å². The molecule has 4 heteroatoms. The highest BCUT2D eigenvalue weighted by Crippen LogP contribution is 2.35. The molecule has 106 valence electrons. The van der Waals surface area contributed by atoms with Crippen LogP contribution in [0.5, 0.6) is 11.6 Å². The predicted octanol–water partition coefficient (Wildman–Crippen LogP) is 5.20. The first-order chi connectivity index (χ1) is 10.2. The van der Waals surface area contributed by atoms with Crippen LogP contribution in [-0.2, 0) is 0 Å². The highest BCUT2D eigenvalue weighted by atomic mass is 35.5. The number of ether oxygens (including phenoxy) is 1. The topological polar surface area (TPSA) is 35.0 Å². The average Bonchev–Trinajstić information content (AvgIpc) is 2.47. The summed E-state index contributed by atoms with van der Waals surface area (Å²) in [4.78, 5) is 8.28. The van der Waals surface area contributed by atoms with E-state index in [2.05, 4.69) is 22.1 Å². The summed E-state index contributed by atoms with van der Waals surface area (Å²) in [6.45, 7) is 4.08. The fourth-order valence-corrected chi connectivity index (χ4v) is 2.66. The van der Waals surface area contributed by atoms with E-state index in [1.165, 1.54) is 6.33 Å². The minimum atomic E-state index is 0.184. The monoisotopic (exact) mass is 298 g/mol. The molecule has 21 heavy (non-hydrogen) atoms. The molecular weight excluding hydrogens is 284 g/mol. The molecule has 0 aliphatic carbocycles. The molecule has 0 amide bonds. The van der Waals surface area contributed by atoms with Crippen molar-refractivity contribution in [2.24, 2.45) is 0 Å². The van der Waals surface area contributed by atoms with Crippen molar-refractivity contribution in [2.75, 3.05) is 0 Å². The van der Waals surface area contributed by atoms with Gasteiger partial charge in [-0.05, 0) is 17.4 Å². The van der Waals surface area contributed by atoms with Crippen LogP contribution in [0.2, 0.25) is 5.15 Å². The lowest BCUT2D eigenvalue weighted by Crippen LogP contribution is -1.99. The highest BCUT2D eigenvalue weighted by molar-refractivity contribution is 6.30. The molecule has 1 heterocycles. The Morgan fingerprint density at radius 2 is 1.76 bits per heavy atom. The molecule has 0 spiro atoms. The van der Waals surface area contributed by atoms with Crippen LogP contribution in [0.4, 0.5) is 0 Å². The van der Waals surface area contributed by atoms with E-state index in [4.69, 9.17) is 16.3 Å². The largest absolute Gasteiger partial charge is 0.438 e. The maximum absolute atomic E-state index is 6.18. The molecular formula is C17H15ClN2O. The smallest absolute Gasteiger partial charge is 0.227 e. The lowest BCUT2D eigenvalue weighted by Gasteiger charge is -2.14. The Hall–Kier alpha value is -2.13. The van der Waals surface area contributed by atoms with Crippen molar-refractivity contribution in [1.82, 2.24) is 9.97 Å². The number of aromatic nitrogens is 2. The molecule has 3 rings (SSSR count). The Morgan fingerprint density at radius 3 is 2.57 bits per heavy atom. The van der Waals surface area contributed by atoms with Gasteiger partial charge >= 0.3 is 0 Å². The molecule has 0 atom stereocenters. The minimum Gasteiger partial charge on any atom is -0.438 e. The number of rotatable bonds is 3. The van der Waals surface area contributed by atoms with E-state index in [0.717, 1.165) is 22.1 Å². The van der Waals surface area contributed by atoms with Crippen LogP contribution in [-0.4, -0.2) is 9.97 Å². The second kappa shape index (κ2) is 5.70. The van der Waals surface area contributed by atoms with Crippen molar-refractivity contribution in [2.45, 2.75) is 19.8 Å². The molecule has 1 aromatic heterocycles. The van der Waals surface area contributed by atoms with Crippen molar-refractivity contribution in [3.63, 3.8) is 0 Å². The number of halogens is 1. The summed E-state index contributed by atoms with van der Waals surface area (Å²) in [7, 11) is 0. The quantitative estimate of drug-likeness (QED) is 0.623. The van der Waals surface area contributed by atoms with Crippen molar-refractivity contribution in [1.29, 1.82) is 0 Å². The maximum atomic E-state index is 6.18. The SMILES string of the molecule is CC(C)c1c(Cl)ncnc1Oc1cccc2ccccc12. The number of hydrogen-bond donors (Lipinski definition) is 0. The zero-order valence-corrected chi connectivity index (χ0v) is 12.6. The van der Waals surface area contributed by atoms with Crippen LogP contribution in [0.15, 0.2) is 48.8 Å². The normalized spacial score (nSPS) is 11.0. The summed E-state index contributed by atoms with van der Waals surface area (Å²) in [6, 6.07) is 14.0. The molecule has 0 unspecified atom stereocenters. The third kappa shape index (κ3) is 2.69. The van der Waals surface area contributed by atoms with Gasteiger partial charge in [-0.3, -0.25) is 0 Å². The first-order valence-electron chi connectivity index (χ1n) is 6.83. The summed E-state index contributed by atoms with van der Waals surface area (Å²) >= 11 is 6.18. The molecule has 0 N–H and O–H groups in total. The van der Waals surface area contributed by atoms with Crippen LogP contribution in [0.3, 0.4) is 0 Å².